The molecule has 0 unspecified atom stereocenters. The average molecular weight is 173 g/mol. The van der Waals surface area contributed by atoms with Crippen molar-refractivity contribution < 1.29 is 0 Å². The minimum atomic E-state index is 1.15. The summed E-state index contributed by atoms with van der Waals surface area (Å²) in [6, 6.07) is 6.58. The number of aryl methyl sites for hydroxylation is 2. The van der Waals surface area contributed by atoms with Crippen molar-refractivity contribution in [3.63, 3.8) is 0 Å². The lowest BCUT2D eigenvalue weighted by atomic mass is 10.1. The van der Waals surface area contributed by atoms with Gasteiger partial charge in [0, 0.05) is 5.71 Å². The summed E-state index contributed by atoms with van der Waals surface area (Å²) in [4.78, 5) is 4.62. The number of hydrogen-bond acceptors (Lipinski definition) is 1. The number of rotatable bonds is 0. The molecular weight excluding hydrogens is 158 g/mol. The van der Waals surface area contributed by atoms with Gasteiger partial charge in [-0.15, -0.1) is 0 Å². The Balaban J connectivity index is 2.49. The lowest BCUT2D eigenvalue weighted by Crippen LogP contribution is -1.87. The van der Waals surface area contributed by atoms with Crippen LogP contribution in [0.1, 0.15) is 30.9 Å². The van der Waals surface area contributed by atoms with Gasteiger partial charge in [0.05, 0.1) is 5.69 Å². The molecule has 0 N–H and O–H groups in total. The van der Waals surface area contributed by atoms with E-state index in [4.69, 9.17) is 0 Å². The van der Waals surface area contributed by atoms with E-state index in [0.717, 1.165) is 6.42 Å². The van der Waals surface area contributed by atoms with Gasteiger partial charge < -0.3 is 0 Å². The van der Waals surface area contributed by atoms with Crippen LogP contribution in [0.25, 0.3) is 0 Å². The molecule has 0 fully saturated rings. The van der Waals surface area contributed by atoms with Crippen LogP contribution >= 0.6 is 0 Å². The predicted molar refractivity (Wildman–Crippen MR) is 56.9 cm³/mol. The molecule has 13 heavy (non-hydrogen) atoms. The van der Waals surface area contributed by atoms with Crippen LogP contribution in [0.3, 0.4) is 0 Å². The Morgan fingerprint density at radius 1 is 1.15 bits per heavy atom. The maximum atomic E-state index is 4.62. The second-order valence-electron chi connectivity index (χ2n) is 3.83. The highest BCUT2D eigenvalue weighted by atomic mass is 14.7. The third-order valence-electron chi connectivity index (χ3n) is 2.54. The molecule has 0 saturated carbocycles. The zero-order valence-electron chi connectivity index (χ0n) is 8.30. The first-order chi connectivity index (χ1) is 6.25. The Bertz CT molecular complexity index is 350. The zero-order valence-corrected chi connectivity index (χ0v) is 8.30. The number of aliphatic imine (C=N–C) groups is 1. The summed E-state index contributed by atoms with van der Waals surface area (Å²) in [5, 5.41) is 0. The van der Waals surface area contributed by atoms with Crippen LogP contribution in [0.2, 0.25) is 0 Å². The van der Waals surface area contributed by atoms with Crippen LogP contribution in [0.15, 0.2) is 23.2 Å². The van der Waals surface area contributed by atoms with Crippen LogP contribution in [0.4, 0.5) is 5.69 Å². The minimum absolute atomic E-state index is 1.15. The van der Waals surface area contributed by atoms with Gasteiger partial charge in [0.2, 0.25) is 0 Å². The minimum Gasteiger partial charge on any atom is -0.258 e. The van der Waals surface area contributed by atoms with Gasteiger partial charge in [-0.3, -0.25) is 4.99 Å². The number of benzene rings is 1. The Kier molecular flexibility index (Phi) is 2.17. The average Bonchev–Trinajstić information content (AvgIpc) is 2.25. The van der Waals surface area contributed by atoms with Crippen LogP contribution < -0.4 is 0 Å². The number of fused-ring (bicyclic) bond motifs is 1. The lowest BCUT2D eigenvalue weighted by molar-refractivity contribution is 0.876. The van der Waals surface area contributed by atoms with Gasteiger partial charge in [0.15, 0.2) is 0 Å². The van der Waals surface area contributed by atoms with Crippen LogP contribution in [0, 0.1) is 6.92 Å². The largest absolute Gasteiger partial charge is 0.258 e. The highest BCUT2D eigenvalue weighted by Crippen LogP contribution is 2.25. The SMILES string of the molecule is CC1=Nc2cc(C)ccc2CCC1. The van der Waals surface area contributed by atoms with E-state index in [1.54, 1.807) is 0 Å². The quantitative estimate of drug-likeness (QED) is 0.570. The van der Waals surface area contributed by atoms with Crippen LogP contribution in [-0.2, 0) is 6.42 Å². The summed E-state index contributed by atoms with van der Waals surface area (Å²) in [5.74, 6) is 0. The number of hydrogen-bond donors (Lipinski definition) is 0. The third-order valence-corrected chi connectivity index (χ3v) is 2.54. The van der Waals surface area contributed by atoms with Crippen LogP contribution in [0.5, 0.6) is 0 Å². The monoisotopic (exact) mass is 173 g/mol. The summed E-state index contributed by atoms with van der Waals surface area (Å²) in [6.45, 7) is 4.24. The Morgan fingerprint density at radius 3 is 2.85 bits per heavy atom. The Hall–Kier alpha value is -1.11. The molecule has 1 aromatic rings. The second kappa shape index (κ2) is 3.33. The maximum Gasteiger partial charge on any atom is 0.0663 e. The topological polar surface area (TPSA) is 12.4 Å². The van der Waals surface area contributed by atoms with Crippen molar-refractivity contribution in [1.82, 2.24) is 0 Å². The van der Waals surface area contributed by atoms with Gasteiger partial charge in [-0.05, 0) is 50.3 Å². The molecule has 0 spiro atoms. The molecule has 1 heterocycles. The fourth-order valence-electron chi connectivity index (χ4n) is 1.79. The summed E-state index contributed by atoms with van der Waals surface area (Å²) < 4.78 is 0. The van der Waals surface area contributed by atoms with E-state index in [1.165, 1.54) is 35.4 Å². The fraction of sp³-hybridized carbons (Fsp3) is 0.417. The third kappa shape index (κ3) is 1.80. The Labute approximate surface area is 79.5 Å². The van der Waals surface area contributed by atoms with Gasteiger partial charge in [-0.25, -0.2) is 0 Å². The van der Waals surface area contributed by atoms with Crippen molar-refractivity contribution in [2.24, 2.45) is 4.99 Å². The summed E-state index contributed by atoms with van der Waals surface area (Å²) >= 11 is 0. The molecule has 0 radical (unpaired) electrons. The summed E-state index contributed by atoms with van der Waals surface area (Å²) in [6.07, 6.45) is 3.57. The summed E-state index contributed by atoms with van der Waals surface area (Å²) in [5.41, 5.74) is 5.17. The first-order valence-electron chi connectivity index (χ1n) is 4.89. The van der Waals surface area contributed by atoms with Gasteiger partial charge in [-0.1, -0.05) is 12.1 Å². The smallest absolute Gasteiger partial charge is 0.0663 e. The first-order valence-corrected chi connectivity index (χ1v) is 4.89. The van der Waals surface area contributed by atoms with E-state index < -0.39 is 0 Å². The highest BCUT2D eigenvalue weighted by molar-refractivity contribution is 5.85. The molecule has 2 rings (SSSR count). The van der Waals surface area contributed by atoms with Crippen molar-refractivity contribution in [3.8, 4) is 0 Å². The van der Waals surface area contributed by atoms with E-state index in [0.29, 0.717) is 0 Å². The molecule has 0 aromatic heterocycles. The molecule has 1 aliphatic rings. The standard InChI is InChI=1S/C12H15N/c1-9-6-7-11-5-3-4-10(2)13-12(11)8-9/h6-8H,3-5H2,1-2H3. The summed E-state index contributed by atoms with van der Waals surface area (Å²) in [7, 11) is 0. The van der Waals surface area contributed by atoms with E-state index in [1.807, 2.05) is 0 Å². The molecule has 0 bridgehead atoms. The van der Waals surface area contributed by atoms with Crippen LogP contribution in [-0.4, -0.2) is 5.71 Å². The molecule has 1 heteroatoms. The molecule has 0 atom stereocenters. The van der Waals surface area contributed by atoms with E-state index in [-0.39, 0.29) is 0 Å². The van der Waals surface area contributed by atoms with E-state index >= 15 is 0 Å². The van der Waals surface area contributed by atoms with Gasteiger partial charge >= 0.3 is 0 Å². The second-order valence-corrected chi connectivity index (χ2v) is 3.83. The first kappa shape index (κ1) is 8.49. The lowest BCUT2D eigenvalue weighted by Gasteiger charge is -2.02. The normalized spacial score (nSPS) is 16.0. The molecule has 1 nitrogen and oxygen atoms in total. The molecule has 1 aliphatic heterocycles. The molecule has 1 aromatic carbocycles. The molecular formula is C12H15N. The molecule has 0 aliphatic carbocycles. The van der Waals surface area contributed by atoms with E-state index in [2.05, 4.69) is 37.0 Å². The van der Waals surface area contributed by atoms with Gasteiger partial charge in [0.1, 0.15) is 0 Å². The van der Waals surface area contributed by atoms with Crippen molar-refractivity contribution in [2.75, 3.05) is 0 Å². The van der Waals surface area contributed by atoms with Gasteiger partial charge in [0.25, 0.3) is 0 Å². The zero-order chi connectivity index (χ0) is 9.26. The molecule has 0 amide bonds. The van der Waals surface area contributed by atoms with E-state index in [9.17, 15) is 0 Å². The predicted octanol–water partition coefficient (Wildman–Crippen LogP) is 3.42. The van der Waals surface area contributed by atoms with Crippen molar-refractivity contribution in [1.29, 1.82) is 0 Å². The number of nitrogens with zero attached hydrogens (tertiary/aromatic N) is 1. The Morgan fingerprint density at radius 2 is 2.00 bits per heavy atom. The molecule has 68 valence electrons. The molecule has 0 saturated heterocycles. The van der Waals surface area contributed by atoms with Crippen molar-refractivity contribution in [3.05, 3.63) is 29.3 Å². The van der Waals surface area contributed by atoms with Crippen molar-refractivity contribution >= 4 is 11.4 Å². The van der Waals surface area contributed by atoms with Crippen molar-refractivity contribution in [2.45, 2.75) is 33.1 Å². The van der Waals surface area contributed by atoms with Gasteiger partial charge in [-0.2, -0.15) is 0 Å². The fourth-order valence-corrected chi connectivity index (χ4v) is 1.79. The maximum absolute atomic E-state index is 4.62. The highest BCUT2D eigenvalue weighted by Gasteiger charge is 2.06.